The van der Waals surface area contributed by atoms with E-state index < -0.39 is 6.29 Å². The van der Waals surface area contributed by atoms with Crippen molar-refractivity contribution in [3.05, 3.63) is 66.5 Å². The first-order valence-corrected chi connectivity index (χ1v) is 12.4. The van der Waals surface area contributed by atoms with Crippen LogP contribution in [-0.2, 0) is 14.2 Å². The number of ether oxygens (including phenoxy) is 3. The van der Waals surface area contributed by atoms with Crippen LogP contribution in [0.4, 0.5) is 0 Å². The molecule has 0 amide bonds. The second kappa shape index (κ2) is 10.4. The lowest BCUT2D eigenvalue weighted by molar-refractivity contribution is -0.246. The molecule has 3 aromatic rings. The number of aromatic nitrogens is 2. The third-order valence-electron chi connectivity index (χ3n) is 7.24. The Kier molecular flexibility index (Phi) is 7.11. The van der Waals surface area contributed by atoms with Crippen LogP contribution in [0.3, 0.4) is 0 Å². The van der Waals surface area contributed by atoms with E-state index >= 15 is 0 Å². The Hall–Kier alpha value is -2.51. The number of hydrogen-bond donors (Lipinski definition) is 1. The third kappa shape index (κ3) is 4.96. The van der Waals surface area contributed by atoms with Gasteiger partial charge in [0.2, 0.25) is 6.29 Å². The van der Waals surface area contributed by atoms with Crippen molar-refractivity contribution in [1.29, 1.82) is 0 Å². The molecule has 1 N–H and O–H groups in total. The molecule has 5 rings (SSSR count). The summed E-state index contributed by atoms with van der Waals surface area (Å²) in [6.45, 7) is 10.6. The zero-order chi connectivity index (χ0) is 23.4. The number of benzene rings is 2. The number of hydrogen-bond acceptors (Lipinski definition) is 5. The summed E-state index contributed by atoms with van der Waals surface area (Å²) < 4.78 is 18.2. The van der Waals surface area contributed by atoms with Gasteiger partial charge in [0, 0.05) is 36.2 Å². The summed E-state index contributed by atoms with van der Waals surface area (Å²) >= 11 is 0. The van der Waals surface area contributed by atoms with Gasteiger partial charge in [-0.15, -0.1) is 0 Å². The molecule has 180 valence electrons. The summed E-state index contributed by atoms with van der Waals surface area (Å²) in [5, 5.41) is 0. The van der Waals surface area contributed by atoms with E-state index in [0.29, 0.717) is 19.1 Å². The van der Waals surface area contributed by atoms with Crippen molar-refractivity contribution in [3.63, 3.8) is 0 Å². The van der Waals surface area contributed by atoms with E-state index in [4.69, 9.17) is 19.2 Å². The van der Waals surface area contributed by atoms with Crippen molar-refractivity contribution in [1.82, 2.24) is 14.9 Å². The van der Waals surface area contributed by atoms with Crippen LogP contribution in [0.5, 0.6) is 0 Å². The molecule has 0 spiro atoms. The fourth-order valence-corrected chi connectivity index (χ4v) is 5.07. The van der Waals surface area contributed by atoms with Crippen molar-refractivity contribution < 1.29 is 14.2 Å². The second-order valence-electron chi connectivity index (χ2n) is 9.70. The monoisotopic (exact) mass is 461 g/mol. The lowest BCUT2D eigenvalue weighted by Gasteiger charge is -2.44. The molecule has 0 radical (unpaired) electrons. The van der Waals surface area contributed by atoms with Crippen molar-refractivity contribution >= 4 is 0 Å². The highest BCUT2D eigenvalue weighted by atomic mass is 16.7. The first-order valence-electron chi connectivity index (χ1n) is 12.4. The summed E-state index contributed by atoms with van der Waals surface area (Å²) in [6, 6.07) is 20.6. The second-order valence-corrected chi connectivity index (χ2v) is 9.70. The van der Waals surface area contributed by atoms with E-state index in [1.807, 2.05) is 36.4 Å². The van der Waals surface area contributed by atoms with Gasteiger partial charge in [-0.05, 0) is 5.92 Å². The first-order chi connectivity index (χ1) is 16.7. The van der Waals surface area contributed by atoms with Crippen LogP contribution in [0.25, 0.3) is 22.5 Å². The summed E-state index contributed by atoms with van der Waals surface area (Å²) in [6.07, 6.45) is 0.608. The lowest BCUT2D eigenvalue weighted by atomic mass is 9.76. The highest BCUT2D eigenvalue weighted by Crippen LogP contribution is 2.40. The van der Waals surface area contributed by atoms with Crippen molar-refractivity contribution in [2.45, 2.75) is 26.6 Å². The minimum Gasteiger partial charge on any atom is -0.379 e. The summed E-state index contributed by atoms with van der Waals surface area (Å²) in [7, 11) is 0. The maximum Gasteiger partial charge on any atom is 0.217 e. The van der Waals surface area contributed by atoms with Gasteiger partial charge in [0.15, 0.2) is 5.82 Å². The Labute approximate surface area is 202 Å². The molecule has 0 saturated carbocycles. The van der Waals surface area contributed by atoms with Crippen LogP contribution in [0, 0.1) is 11.3 Å². The van der Waals surface area contributed by atoms with Crippen LogP contribution in [0.2, 0.25) is 0 Å². The molecular formula is C28H35N3O3. The number of aromatic amines is 1. The maximum atomic E-state index is 6.33. The SMILES string of the molecule is CCC(CN1CCOCC1)C1(C)COC(c2nc(-c3ccccc3)c(-c3ccccc3)[nH]2)OC1. The van der Waals surface area contributed by atoms with Gasteiger partial charge in [0.1, 0.15) is 0 Å². The van der Waals surface area contributed by atoms with E-state index in [-0.39, 0.29) is 5.41 Å². The molecule has 2 aliphatic rings. The normalized spacial score (nSPS) is 24.7. The number of morpholine rings is 1. The van der Waals surface area contributed by atoms with Gasteiger partial charge in [-0.1, -0.05) is 80.9 Å². The number of rotatable bonds is 7. The molecule has 2 aromatic carbocycles. The van der Waals surface area contributed by atoms with Crippen molar-refractivity contribution in [3.8, 4) is 22.5 Å². The third-order valence-corrected chi connectivity index (χ3v) is 7.24. The van der Waals surface area contributed by atoms with E-state index in [1.54, 1.807) is 0 Å². The van der Waals surface area contributed by atoms with Gasteiger partial charge >= 0.3 is 0 Å². The number of H-pyrrole nitrogens is 1. The molecule has 2 saturated heterocycles. The average Bonchev–Trinajstić information content (AvgIpc) is 3.35. The molecule has 6 nitrogen and oxygen atoms in total. The van der Waals surface area contributed by atoms with E-state index in [1.165, 1.54) is 0 Å². The van der Waals surface area contributed by atoms with Gasteiger partial charge < -0.3 is 19.2 Å². The fourth-order valence-electron chi connectivity index (χ4n) is 5.07. The Bertz CT molecular complexity index is 982. The molecule has 34 heavy (non-hydrogen) atoms. The molecular weight excluding hydrogens is 426 g/mol. The van der Waals surface area contributed by atoms with Crippen LogP contribution in [0.15, 0.2) is 60.7 Å². The largest absolute Gasteiger partial charge is 0.379 e. The van der Waals surface area contributed by atoms with Crippen molar-refractivity contribution in [2.24, 2.45) is 11.3 Å². The smallest absolute Gasteiger partial charge is 0.217 e. The van der Waals surface area contributed by atoms with Crippen LogP contribution < -0.4 is 0 Å². The van der Waals surface area contributed by atoms with Gasteiger partial charge in [-0.2, -0.15) is 0 Å². The topological polar surface area (TPSA) is 59.6 Å². The van der Waals surface area contributed by atoms with E-state index in [9.17, 15) is 0 Å². The van der Waals surface area contributed by atoms with Crippen LogP contribution in [0.1, 0.15) is 32.4 Å². The average molecular weight is 462 g/mol. The van der Waals surface area contributed by atoms with E-state index in [2.05, 4.69) is 48.0 Å². The lowest BCUT2D eigenvalue weighted by Crippen LogP contribution is -2.48. The molecule has 1 unspecified atom stereocenters. The molecule has 0 bridgehead atoms. The molecule has 2 fully saturated rings. The molecule has 3 heterocycles. The number of nitrogens with one attached hydrogen (secondary N) is 1. The zero-order valence-electron chi connectivity index (χ0n) is 20.2. The van der Waals surface area contributed by atoms with Crippen molar-refractivity contribution in [2.75, 3.05) is 46.1 Å². The van der Waals surface area contributed by atoms with Crippen LogP contribution in [-0.4, -0.2) is 60.9 Å². The molecule has 1 atom stereocenters. The summed E-state index contributed by atoms with van der Waals surface area (Å²) in [5.74, 6) is 1.23. The quantitative estimate of drug-likeness (QED) is 0.527. The Balaban J connectivity index is 1.34. The minimum absolute atomic E-state index is 0.0271. The number of nitrogens with zero attached hydrogens (tertiary/aromatic N) is 2. The predicted molar refractivity (Wildman–Crippen MR) is 133 cm³/mol. The predicted octanol–water partition coefficient (Wildman–Crippen LogP) is 5.15. The van der Waals surface area contributed by atoms with Gasteiger partial charge in [-0.25, -0.2) is 4.98 Å². The van der Waals surface area contributed by atoms with Gasteiger partial charge in [-0.3, -0.25) is 4.90 Å². The molecule has 2 aliphatic heterocycles. The maximum absolute atomic E-state index is 6.33. The van der Waals surface area contributed by atoms with Gasteiger partial charge in [0.25, 0.3) is 0 Å². The minimum atomic E-state index is -0.492. The molecule has 0 aliphatic carbocycles. The Morgan fingerprint density at radius 3 is 2.21 bits per heavy atom. The molecule has 1 aromatic heterocycles. The highest BCUT2D eigenvalue weighted by molar-refractivity contribution is 5.78. The van der Waals surface area contributed by atoms with Gasteiger partial charge in [0.05, 0.1) is 37.8 Å². The highest BCUT2D eigenvalue weighted by Gasteiger charge is 2.41. The van der Waals surface area contributed by atoms with Crippen LogP contribution >= 0.6 is 0 Å². The first kappa shape index (κ1) is 23.2. The molecule has 6 heteroatoms. The summed E-state index contributed by atoms with van der Waals surface area (Å²) in [5.41, 5.74) is 4.04. The standard InChI is InChI=1S/C28H35N3O3/c1-3-23(18-31-14-16-32-17-15-31)28(2)19-33-27(34-20-28)26-29-24(21-10-6-4-7-11-21)25(30-26)22-12-8-5-9-13-22/h4-13,23,27H,3,14-20H2,1-2H3,(H,29,30). The Morgan fingerprint density at radius 1 is 0.971 bits per heavy atom. The Morgan fingerprint density at radius 2 is 1.59 bits per heavy atom. The fraction of sp³-hybridized carbons (Fsp3) is 0.464. The number of imidazole rings is 1. The van der Waals surface area contributed by atoms with E-state index in [0.717, 1.165) is 67.6 Å². The summed E-state index contributed by atoms with van der Waals surface area (Å²) in [4.78, 5) is 11.0. The zero-order valence-corrected chi connectivity index (χ0v) is 20.2.